The van der Waals surface area contributed by atoms with Crippen molar-refractivity contribution in [3.8, 4) is 11.6 Å². The maximum absolute atomic E-state index is 12.1. The first-order valence-corrected chi connectivity index (χ1v) is 4.44. The summed E-state index contributed by atoms with van der Waals surface area (Å²) >= 11 is 0. The highest BCUT2D eigenvalue weighted by Gasteiger charge is 2.35. The van der Waals surface area contributed by atoms with Crippen LogP contribution in [0.25, 0.3) is 0 Å². The molecule has 1 rings (SSSR count). The summed E-state index contributed by atoms with van der Waals surface area (Å²) in [6.07, 6.45) is -4.21. The monoisotopic (exact) mass is 267 g/mol. The van der Waals surface area contributed by atoms with Crippen molar-refractivity contribution in [2.45, 2.75) is 6.36 Å². The first-order chi connectivity index (χ1) is 8.30. The van der Waals surface area contributed by atoms with Crippen LogP contribution in [-0.2, 0) is 4.74 Å². The lowest BCUT2D eigenvalue weighted by Gasteiger charge is -2.12. The van der Waals surface area contributed by atoms with Gasteiger partial charge in [0.15, 0.2) is 11.3 Å². The highest BCUT2D eigenvalue weighted by molar-refractivity contribution is 5.92. The third-order valence-corrected chi connectivity index (χ3v) is 1.84. The van der Waals surface area contributed by atoms with Crippen molar-refractivity contribution in [1.29, 1.82) is 0 Å². The Balaban J connectivity index is 3.39. The van der Waals surface area contributed by atoms with Gasteiger partial charge in [0.05, 0.1) is 20.4 Å². The minimum Gasteiger partial charge on any atom is -0.491 e. The Bertz CT molecular complexity index is 508. The van der Waals surface area contributed by atoms with Gasteiger partial charge in [-0.15, -0.1) is 13.2 Å². The number of esters is 1. The number of H-pyrrole nitrogens is 1. The lowest BCUT2D eigenvalue weighted by Crippen LogP contribution is -2.25. The first kappa shape index (κ1) is 13.9. The standard InChI is InChI=1S/C9H8F3NO5/c1-16-4-3-13-7(18-9(10,11)12)5(6(4)14)8(15)17-2/h3H,1-2H3,(H,13,14). The van der Waals surface area contributed by atoms with Gasteiger partial charge in [-0.2, -0.15) is 0 Å². The number of ether oxygens (including phenoxy) is 3. The van der Waals surface area contributed by atoms with Gasteiger partial charge in [0.2, 0.25) is 11.3 Å². The molecule has 100 valence electrons. The number of halogens is 3. The van der Waals surface area contributed by atoms with E-state index in [1.165, 1.54) is 0 Å². The van der Waals surface area contributed by atoms with Gasteiger partial charge in [0.1, 0.15) is 0 Å². The van der Waals surface area contributed by atoms with Crippen LogP contribution in [0.5, 0.6) is 11.6 Å². The molecule has 0 bridgehead atoms. The molecule has 1 aromatic rings. The topological polar surface area (TPSA) is 77.6 Å². The molecule has 0 unspecified atom stereocenters. The summed E-state index contributed by atoms with van der Waals surface area (Å²) in [5.41, 5.74) is -1.99. The molecule has 0 saturated carbocycles. The van der Waals surface area contributed by atoms with Gasteiger partial charge in [0.25, 0.3) is 0 Å². The Morgan fingerprint density at radius 3 is 2.39 bits per heavy atom. The maximum atomic E-state index is 12.1. The molecule has 1 N–H and O–H groups in total. The van der Waals surface area contributed by atoms with Crippen molar-refractivity contribution in [3.63, 3.8) is 0 Å². The fraction of sp³-hybridized carbons (Fsp3) is 0.333. The average molecular weight is 267 g/mol. The Labute approximate surface area is 98.3 Å². The molecule has 6 nitrogen and oxygen atoms in total. The normalized spacial score (nSPS) is 10.9. The summed E-state index contributed by atoms with van der Waals surface area (Å²) in [7, 11) is 2.04. The molecule has 9 heteroatoms. The van der Waals surface area contributed by atoms with Crippen LogP contribution < -0.4 is 14.9 Å². The maximum Gasteiger partial charge on any atom is 0.574 e. The second-order valence-corrected chi connectivity index (χ2v) is 2.93. The molecule has 0 saturated heterocycles. The SMILES string of the molecule is COC(=O)c1c(OC(F)(F)F)[nH]cc(OC)c1=O. The van der Waals surface area contributed by atoms with Crippen LogP contribution >= 0.6 is 0 Å². The largest absolute Gasteiger partial charge is 0.574 e. The minimum absolute atomic E-state index is 0.343. The zero-order valence-corrected chi connectivity index (χ0v) is 9.25. The molecule has 0 spiro atoms. The van der Waals surface area contributed by atoms with E-state index in [0.29, 0.717) is 0 Å². The average Bonchev–Trinajstić information content (AvgIpc) is 2.26. The first-order valence-electron chi connectivity index (χ1n) is 4.44. The van der Waals surface area contributed by atoms with Crippen LogP contribution in [0.15, 0.2) is 11.0 Å². The van der Waals surface area contributed by atoms with E-state index >= 15 is 0 Å². The molecule has 0 aliphatic heterocycles. The third-order valence-electron chi connectivity index (χ3n) is 1.84. The molecular formula is C9H8F3NO5. The van der Waals surface area contributed by atoms with Crippen LogP contribution in [0, 0.1) is 0 Å². The third kappa shape index (κ3) is 2.93. The Kier molecular flexibility index (Phi) is 3.84. The summed E-state index contributed by atoms with van der Waals surface area (Å²) < 4.78 is 48.5. The molecule has 1 heterocycles. The molecular weight excluding hydrogens is 259 g/mol. The van der Waals surface area contributed by atoms with Crippen molar-refractivity contribution >= 4 is 5.97 Å². The Morgan fingerprint density at radius 2 is 1.94 bits per heavy atom. The van der Waals surface area contributed by atoms with Gasteiger partial charge in [0, 0.05) is 0 Å². The lowest BCUT2D eigenvalue weighted by molar-refractivity contribution is -0.276. The van der Waals surface area contributed by atoms with Gasteiger partial charge in [-0.25, -0.2) is 4.79 Å². The van der Waals surface area contributed by atoms with Crippen LogP contribution in [0.2, 0.25) is 0 Å². The van der Waals surface area contributed by atoms with E-state index in [9.17, 15) is 22.8 Å². The molecule has 0 aliphatic rings. The fourth-order valence-corrected chi connectivity index (χ4v) is 1.13. The van der Waals surface area contributed by atoms with Gasteiger partial charge in [-0.1, -0.05) is 0 Å². The number of aromatic amines is 1. The predicted molar refractivity (Wildman–Crippen MR) is 51.6 cm³/mol. The van der Waals surface area contributed by atoms with E-state index in [4.69, 9.17) is 0 Å². The zero-order valence-electron chi connectivity index (χ0n) is 9.25. The highest BCUT2D eigenvalue weighted by atomic mass is 19.4. The van der Waals surface area contributed by atoms with Gasteiger partial charge >= 0.3 is 12.3 Å². The molecule has 0 fully saturated rings. The number of hydrogen-bond acceptors (Lipinski definition) is 5. The Hall–Kier alpha value is -2.19. The summed E-state index contributed by atoms with van der Waals surface area (Å²) in [6, 6.07) is 0. The highest BCUT2D eigenvalue weighted by Crippen LogP contribution is 2.24. The fourth-order valence-electron chi connectivity index (χ4n) is 1.13. The number of carbonyl (C=O) groups is 1. The lowest BCUT2D eigenvalue weighted by atomic mass is 10.2. The second-order valence-electron chi connectivity index (χ2n) is 2.93. The zero-order chi connectivity index (χ0) is 13.9. The molecule has 1 aromatic heterocycles. The number of nitrogens with one attached hydrogen (secondary N) is 1. The summed E-state index contributed by atoms with van der Waals surface area (Å²) in [4.78, 5) is 24.9. The molecule has 18 heavy (non-hydrogen) atoms. The second kappa shape index (κ2) is 4.98. The van der Waals surface area contributed by atoms with Crippen LogP contribution in [0.3, 0.4) is 0 Å². The number of hydrogen-bond donors (Lipinski definition) is 1. The summed E-state index contributed by atoms with van der Waals surface area (Å²) in [6.45, 7) is 0. The Morgan fingerprint density at radius 1 is 1.33 bits per heavy atom. The smallest absolute Gasteiger partial charge is 0.491 e. The predicted octanol–water partition coefficient (Wildman–Crippen LogP) is 1.07. The van der Waals surface area contributed by atoms with Crippen molar-refractivity contribution < 1.29 is 32.2 Å². The molecule has 0 amide bonds. The van der Waals surface area contributed by atoms with Gasteiger partial charge in [-0.05, 0) is 0 Å². The van der Waals surface area contributed by atoms with E-state index in [1.54, 1.807) is 0 Å². The molecule has 0 radical (unpaired) electrons. The van der Waals surface area contributed by atoms with Crippen molar-refractivity contribution in [3.05, 3.63) is 22.0 Å². The van der Waals surface area contributed by atoms with E-state index in [2.05, 4.69) is 14.2 Å². The van der Waals surface area contributed by atoms with Crippen LogP contribution in [-0.4, -0.2) is 31.5 Å². The molecule has 0 atom stereocenters. The number of methoxy groups -OCH3 is 2. The number of alkyl halides is 3. The van der Waals surface area contributed by atoms with Crippen molar-refractivity contribution in [2.24, 2.45) is 0 Å². The van der Waals surface area contributed by atoms with E-state index in [0.717, 1.165) is 20.4 Å². The van der Waals surface area contributed by atoms with Crippen molar-refractivity contribution in [2.75, 3.05) is 14.2 Å². The molecule has 0 aromatic carbocycles. The van der Waals surface area contributed by atoms with Gasteiger partial charge in [-0.3, -0.25) is 4.79 Å². The number of rotatable bonds is 3. The van der Waals surface area contributed by atoms with Crippen molar-refractivity contribution in [1.82, 2.24) is 4.98 Å². The van der Waals surface area contributed by atoms with E-state index in [1.807, 2.05) is 4.98 Å². The van der Waals surface area contributed by atoms with Crippen LogP contribution in [0.4, 0.5) is 13.2 Å². The molecule has 0 aliphatic carbocycles. The summed E-state index contributed by atoms with van der Waals surface area (Å²) in [5, 5.41) is 0. The van der Waals surface area contributed by atoms with Gasteiger partial charge < -0.3 is 19.2 Å². The number of aromatic nitrogens is 1. The summed E-state index contributed by atoms with van der Waals surface area (Å²) in [5.74, 6) is -2.67. The van der Waals surface area contributed by atoms with E-state index in [-0.39, 0.29) is 5.75 Å². The van der Waals surface area contributed by atoms with E-state index < -0.39 is 29.2 Å². The quantitative estimate of drug-likeness (QED) is 0.829. The minimum atomic E-state index is -5.06. The number of pyridine rings is 1. The number of carbonyl (C=O) groups excluding carboxylic acids is 1. The van der Waals surface area contributed by atoms with Crippen LogP contribution in [0.1, 0.15) is 10.4 Å².